The normalized spacial score (nSPS) is 19.4. The second-order valence-electron chi connectivity index (χ2n) is 9.30. The lowest BCUT2D eigenvalue weighted by molar-refractivity contribution is 0.0853. The predicted octanol–water partition coefficient (Wildman–Crippen LogP) is 3.20. The molecule has 3 aromatic rings. The van der Waals surface area contributed by atoms with Crippen LogP contribution in [-0.4, -0.2) is 61.2 Å². The molecular weight excluding hydrogens is 528 g/mol. The molecule has 5 rings (SSSR count). The maximum absolute atomic E-state index is 13.8. The highest BCUT2D eigenvalue weighted by molar-refractivity contribution is 7.88. The minimum Gasteiger partial charge on any atom is -0.486 e. The summed E-state index contributed by atoms with van der Waals surface area (Å²) in [5, 5.41) is 4.03. The van der Waals surface area contributed by atoms with Crippen molar-refractivity contribution in [3.63, 3.8) is 0 Å². The van der Waals surface area contributed by atoms with Crippen LogP contribution >= 0.6 is 0 Å². The number of alkyl halides is 2. The summed E-state index contributed by atoms with van der Waals surface area (Å²) in [4.78, 5) is 15.0. The Labute approximate surface area is 216 Å². The Morgan fingerprint density at radius 1 is 1.00 bits per heavy atom. The zero-order chi connectivity index (χ0) is 27.1. The number of ether oxygens (including phenoxy) is 1. The molecule has 38 heavy (non-hydrogen) atoms. The number of rotatable bonds is 8. The quantitative estimate of drug-likeness (QED) is 0.399. The minimum atomic E-state index is -3.60. The Balaban J connectivity index is 1.39. The number of halogens is 4. The van der Waals surface area contributed by atoms with Gasteiger partial charge in [0.05, 0.1) is 30.2 Å². The van der Waals surface area contributed by atoms with Crippen LogP contribution in [0.5, 0.6) is 5.75 Å². The third-order valence-corrected chi connectivity index (χ3v) is 8.41. The van der Waals surface area contributed by atoms with E-state index in [0.717, 1.165) is 16.8 Å². The Hall–Kier alpha value is -3.45. The van der Waals surface area contributed by atoms with Crippen LogP contribution in [0.4, 0.5) is 23.2 Å². The van der Waals surface area contributed by atoms with Crippen molar-refractivity contribution in [3.05, 3.63) is 82.3 Å². The van der Waals surface area contributed by atoms with E-state index in [-0.39, 0.29) is 55.5 Å². The maximum atomic E-state index is 13.8. The van der Waals surface area contributed by atoms with Crippen LogP contribution in [0.2, 0.25) is 0 Å². The monoisotopic (exact) mass is 552 g/mol. The third kappa shape index (κ3) is 5.53. The standard InChI is InChI=1S/C25H24F4N4O4S/c26-19-10-20(27)12-21(11-19)33-24(34)23(37-15-18-13-25(18,28)29)22(14-30-33)31-6-8-32(9-7-31)38(35,36)16-17-4-2-1-3-5-17/h1-5,10-12,14,18H,6-9,13,15-16H2. The SMILES string of the molecule is O=c1c(OCC2CC2(F)F)c(N2CCN(S(=O)(=O)Cc3ccccc3)CC2)cnn1-c1cc(F)cc(F)c1. The first-order chi connectivity index (χ1) is 18.0. The molecule has 1 saturated heterocycles. The number of hydrogen-bond donors (Lipinski definition) is 0. The summed E-state index contributed by atoms with van der Waals surface area (Å²) in [5.41, 5.74) is -0.232. The molecule has 13 heteroatoms. The summed E-state index contributed by atoms with van der Waals surface area (Å²) >= 11 is 0. The molecule has 1 aromatic heterocycles. The van der Waals surface area contributed by atoms with E-state index in [1.807, 2.05) is 0 Å². The van der Waals surface area contributed by atoms with Gasteiger partial charge in [-0.2, -0.15) is 14.1 Å². The lowest BCUT2D eigenvalue weighted by Gasteiger charge is -2.35. The van der Waals surface area contributed by atoms with Gasteiger partial charge in [0.15, 0.2) is 0 Å². The van der Waals surface area contributed by atoms with E-state index in [0.29, 0.717) is 11.6 Å². The van der Waals surface area contributed by atoms with Gasteiger partial charge in [-0.25, -0.2) is 26.0 Å². The molecule has 2 aliphatic rings. The molecule has 202 valence electrons. The van der Waals surface area contributed by atoms with Crippen LogP contribution in [0.15, 0.2) is 59.5 Å². The first-order valence-electron chi connectivity index (χ1n) is 11.9. The summed E-state index contributed by atoms with van der Waals surface area (Å²) in [6.45, 7) is 0.177. The largest absolute Gasteiger partial charge is 0.486 e. The van der Waals surface area contributed by atoms with Gasteiger partial charge in [-0.05, 0) is 17.7 Å². The van der Waals surface area contributed by atoms with Gasteiger partial charge in [-0.3, -0.25) is 4.79 Å². The summed E-state index contributed by atoms with van der Waals surface area (Å²) in [7, 11) is -3.60. The zero-order valence-electron chi connectivity index (χ0n) is 20.1. The Morgan fingerprint density at radius 2 is 1.63 bits per heavy atom. The minimum absolute atomic E-state index is 0.119. The summed E-state index contributed by atoms with van der Waals surface area (Å²) in [5.74, 6) is -6.23. The maximum Gasteiger partial charge on any atom is 0.316 e. The van der Waals surface area contributed by atoms with Crippen molar-refractivity contribution in [1.29, 1.82) is 0 Å². The van der Waals surface area contributed by atoms with Crippen molar-refractivity contribution in [2.45, 2.75) is 18.1 Å². The van der Waals surface area contributed by atoms with E-state index in [4.69, 9.17) is 4.74 Å². The molecular formula is C25H24F4N4O4S. The summed E-state index contributed by atoms with van der Waals surface area (Å²) < 4.78 is 87.9. The fourth-order valence-electron chi connectivity index (χ4n) is 4.35. The van der Waals surface area contributed by atoms with E-state index in [9.17, 15) is 30.8 Å². The van der Waals surface area contributed by atoms with E-state index in [1.54, 1.807) is 35.2 Å². The van der Waals surface area contributed by atoms with Crippen LogP contribution in [-0.2, 0) is 15.8 Å². The highest BCUT2D eigenvalue weighted by Crippen LogP contribution is 2.48. The molecule has 1 saturated carbocycles. The van der Waals surface area contributed by atoms with Crippen LogP contribution in [0.25, 0.3) is 5.69 Å². The molecule has 2 heterocycles. The fourth-order valence-corrected chi connectivity index (χ4v) is 5.87. The third-order valence-electron chi connectivity index (χ3n) is 6.56. The number of benzene rings is 2. The number of sulfonamides is 1. The average molecular weight is 553 g/mol. The van der Waals surface area contributed by atoms with Crippen LogP contribution < -0.4 is 15.2 Å². The molecule has 1 aliphatic heterocycles. The van der Waals surface area contributed by atoms with Gasteiger partial charge in [0.2, 0.25) is 15.8 Å². The zero-order valence-corrected chi connectivity index (χ0v) is 20.9. The van der Waals surface area contributed by atoms with Crippen molar-refractivity contribution in [2.75, 3.05) is 37.7 Å². The van der Waals surface area contributed by atoms with Crippen molar-refractivity contribution in [1.82, 2.24) is 14.1 Å². The second-order valence-corrected chi connectivity index (χ2v) is 11.3. The molecule has 2 aromatic carbocycles. The molecule has 2 fully saturated rings. The summed E-state index contributed by atoms with van der Waals surface area (Å²) in [6.07, 6.45) is 0.882. The van der Waals surface area contributed by atoms with Crippen LogP contribution in [0.3, 0.4) is 0 Å². The van der Waals surface area contributed by atoms with Gasteiger partial charge in [0, 0.05) is 38.7 Å². The second kappa shape index (κ2) is 10.0. The molecule has 0 N–H and O–H groups in total. The van der Waals surface area contributed by atoms with E-state index >= 15 is 0 Å². The van der Waals surface area contributed by atoms with E-state index < -0.39 is 45.7 Å². The van der Waals surface area contributed by atoms with Gasteiger partial charge in [-0.1, -0.05) is 30.3 Å². The highest BCUT2D eigenvalue weighted by Gasteiger charge is 2.57. The topological polar surface area (TPSA) is 84.7 Å². The van der Waals surface area contributed by atoms with Crippen molar-refractivity contribution in [3.8, 4) is 11.4 Å². The molecule has 0 amide bonds. The molecule has 0 spiro atoms. The predicted molar refractivity (Wildman–Crippen MR) is 131 cm³/mol. The van der Waals surface area contributed by atoms with E-state index in [1.165, 1.54) is 10.5 Å². The number of anilines is 1. The van der Waals surface area contributed by atoms with Gasteiger partial charge in [0.25, 0.3) is 5.92 Å². The van der Waals surface area contributed by atoms with Crippen molar-refractivity contribution >= 4 is 15.7 Å². The van der Waals surface area contributed by atoms with Crippen molar-refractivity contribution < 1.29 is 30.7 Å². The number of nitrogens with zero attached hydrogens (tertiary/aromatic N) is 4. The fraction of sp³-hybridized carbons (Fsp3) is 0.360. The van der Waals surface area contributed by atoms with Crippen LogP contribution in [0, 0.1) is 17.6 Å². The Bertz CT molecular complexity index is 1470. The number of piperazine rings is 1. The Morgan fingerprint density at radius 3 is 2.24 bits per heavy atom. The lowest BCUT2D eigenvalue weighted by atomic mass is 10.2. The highest BCUT2D eigenvalue weighted by atomic mass is 32.2. The smallest absolute Gasteiger partial charge is 0.316 e. The first kappa shape index (κ1) is 26.2. The summed E-state index contributed by atoms with van der Waals surface area (Å²) in [6, 6.07) is 11.2. The number of aromatic nitrogens is 2. The van der Waals surface area contributed by atoms with Crippen LogP contribution in [0.1, 0.15) is 12.0 Å². The van der Waals surface area contributed by atoms with E-state index in [2.05, 4.69) is 5.10 Å². The molecule has 8 nitrogen and oxygen atoms in total. The molecule has 1 aliphatic carbocycles. The lowest BCUT2D eigenvalue weighted by Crippen LogP contribution is -2.49. The average Bonchev–Trinajstić information content (AvgIpc) is 3.49. The molecule has 0 bridgehead atoms. The van der Waals surface area contributed by atoms with Gasteiger partial charge in [0.1, 0.15) is 17.3 Å². The van der Waals surface area contributed by atoms with Gasteiger partial charge < -0.3 is 9.64 Å². The number of hydrogen-bond acceptors (Lipinski definition) is 6. The van der Waals surface area contributed by atoms with Gasteiger partial charge >= 0.3 is 5.56 Å². The first-order valence-corrected chi connectivity index (χ1v) is 13.5. The van der Waals surface area contributed by atoms with Gasteiger partial charge in [-0.15, -0.1) is 0 Å². The molecule has 1 unspecified atom stereocenters. The van der Waals surface area contributed by atoms with Crippen molar-refractivity contribution in [2.24, 2.45) is 5.92 Å². The molecule has 0 radical (unpaired) electrons. The Kier molecular flexibility index (Phi) is 6.90. The molecule has 1 atom stereocenters.